The molecule has 0 spiro atoms. The minimum atomic E-state index is -0.505. The molecular weight excluding hydrogens is 284 g/mol. The van der Waals surface area contributed by atoms with Crippen molar-refractivity contribution in [1.29, 1.82) is 0 Å². The number of nitrogens with zero attached hydrogens (tertiary/aromatic N) is 2. The lowest BCUT2D eigenvalue weighted by Crippen LogP contribution is -2.64. The molecule has 0 saturated heterocycles. The van der Waals surface area contributed by atoms with E-state index in [1.165, 1.54) is 11.3 Å². The van der Waals surface area contributed by atoms with Crippen molar-refractivity contribution in [2.24, 2.45) is 5.73 Å². The quantitative estimate of drug-likeness (QED) is 0.893. The van der Waals surface area contributed by atoms with Gasteiger partial charge in [0.2, 0.25) is 0 Å². The van der Waals surface area contributed by atoms with Crippen LogP contribution < -0.4 is 16.0 Å². The molecule has 1 atom stereocenters. The van der Waals surface area contributed by atoms with Crippen molar-refractivity contribution in [3.63, 3.8) is 0 Å². The Kier molecular flexibility index (Phi) is 3.22. The van der Waals surface area contributed by atoms with Gasteiger partial charge in [0.1, 0.15) is 10.5 Å². The number of hydrogen-bond donors (Lipinski definition) is 2. The van der Waals surface area contributed by atoms with E-state index in [1.54, 1.807) is 12.4 Å². The molecule has 3 heterocycles. The molecule has 0 aromatic carbocycles. The molecule has 3 N–H and O–H groups in total. The third-order valence-corrected chi connectivity index (χ3v) is 4.74. The largest absolute Gasteiger partial charge is 0.333 e. The molecule has 1 unspecified atom stereocenters. The van der Waals surface area contributed by atoms with Crippen molar-refractivity contribution in [3.05, 3.63) is 35.5 Å². The van der Waals surface area contributed by atoms with Crippen LogP contribution in [0.25, 0.3) is 10.4 Å². The fourth-order valence-corrected chi connectivity index (χ4v) is 3.86. The summed E-state index contributed by atoms with van der Waals surface area (Å²) < 4.78 is 0. The molecule has 0 bridgehead atoms. The summed E-state index contributed by atoms with van der Waals surface area (Å²) in [5.41, 5.74) is 7.57. The van der Waals surface area contributed by atoms with Crippen LogP contribution in [0.15, 0.2) is 30.6 Å². The van der Waals surface area contributed by atoms with E-state index < -0.39 is 5.66 Å². The number of amides is 1. The van der Waals surface area contributed by atoms with E-state index in [4.69, 9.17) is 5.73 Å². The van der Waals surface area contributed by atoms with Crippen LogP contribution in [0.1, 0.15) is 30.4 Å². The Balaban J connectivity index is 2.14. The Bertz CT molecular complexity index is 678. The average Bonchev–Trinajstić information content (AvgIpc) is 2.83. The van der Waals surface area contributed by atoms with Gasteiger partial charge in [-0.3, -0.25) is 9.78 Å². The van der Waals surface area contributed by atoms with Crippen molar-refractivity contribution in [2.75, 3.05) is 4.90 Å². The third-order valence-electron chi connectivity index (χ3n) is 3.57. The molecule has 0 radical (unpaired) electrons. The first-order valence-electron chi connectivity index (χ1n) is 6.82. The zero-order chi connectivity index (χ0) is 15.2. The number of carbonyl (C=O) groups is 1. The van der Waals surface area contributed by atoms with Crippen molar-refractivity contribution in [3.8, 4) is 10.4 Å². The lowest BCUT2D eigenvalue weighted by Gasteiger charge is -2.46. The van der Waals surface area contributed by atoms with Crippen molar-refractivity contribution in [2.45, 2.75) is 32.6 Å². The van der Waals surface area contributed by atoms with Gasteiger partial charge in [0.25, 0.3) is 5.91 Å². The third kappa shape index (κ3) is 2.30. The number of aromatic nitrogens is 1. The molecular formula is C15H18N4OS. The van der Waals surface area contributed by atoms with Crippen molar-refractivity contribution >= 4 is 22.9 Å². The average molecular weight is 302 g/mol. The highest BCUT2D eigenvalue weighted by Crippen LogP contribution is 2.41. The zero-order valence-corrected chi connectivity index (χ0v) is 13.1. The summed E-state index contributed by atoms with van der Waals surface area (Å²) in [5.74, 6) is -0.0443. The normalized spacial score (nSPS) is 18.1. The highest BCUT2D eigenvalue weighted by Gasteiger charge is 2.39. The van der Waals surface area contributed by atoms with Gasteiger partial charge >= 0.3 is 0 Å². The second kappa shape index (κ2) is 4.82. The van der Waals surface area contributed by atoms with E-state index in [-0.39, 0.29) is 12.1 Å². The first kappa shape index (κ1) is 14.0. The summed E-state index contributed by atoms with van der Waals surface area (Å²) in [6.45, 7) is 5.84. The van der Waals surface area contributed by atoms with Crippen LogP contribution in [0, 0.1) is 0 Å². The van der Waals surface area contributed by atoms with E-state index >= 15 is 0 Å². The molecule has 110 valence electrons. The fraction of sp³-hybridized carbons (Fsp3) is 0.333. The Labute approximate surface area is 127 Å². The van der Waals surface area contributed by atoms with Crippen LogP contribution in [-0.4, -0.2) is 22.7 Å². The van der Waals surface area contributed by atoms with Crippen LogP contribution in [0.2, 0.25) is 0 Å². The summed E-state index contributed by atoms with van der Waals surface area (Å²) in [6, 6.07) is 5.92. The van der Waals surface area contributed by atoms with Crippen molar-refractivity contribution < 1.29 is 4.79 Å². The summed E-state index contributed by atoms with van der Waals surface area (Å²) in [4.78, 5) is 20.2. The first-order valence-corrected chi connectivity index (χ1v) is 7.63. The number of carbonyl (C=O) groups excluding carboxylic acids is 1. The van der Waals surface area contributed by atoms with E-state index in [1.807, 2.05) is 43.9 Å². The Morgan fingerprint density at radius 1 is 1.38 bits per heavy atom. The van der Waals surface area contributed by atoms with Crippen LogP contribution in [0.4, 0.5) is 5.69 Å². The number of nitrogens with two attached hydrogens (primary N) is 1. The SMILES string of the molecule is CC(N)N1c2cc(-c3ccncc3)sc2C(=O)NC1(C)C. The standard InChI is InChI=1S/C15H18N4OS/c1-9(16)19-11-8-12(10-4-6-17-7-5-10)21-13(11)14(20)18-15(19,2)3/h4-9H,16H2,1-3H3,(H,18,20). The number of pyridine rings is 1. The first-order chi connectivity index (χ1) is 9.90. The maximum Gasteiger partial charge on any atom is 0.265 e. The Morgan fingerprint density at radius 2 is 2.05 bits per heavy atom. The molecule has 5 nitrogen and oxygen atoms in total. The number of fused-ring (bicyclic) bond motifs is 1. The van der Waals surface area contributed by atoms with Gasteiger partial charge in [-0.2, -0.15) is 0 Å². The lowest BCUT2D eigenvalue weighted by molar-refractivity contribution is 0.0899. The van der Waals surface area contributed by atoms with Crippen LogP contribution in [0.5, 0.6) is 0 Å². The van der Waals surface area contributed by atoms with Gasteiger partial charge in [-0.25, -0.2) is 0 Å². The van der Waals surface area contributed by atoms with Gasteiger partial charge < -0.3 is 16.0 Å². The monoisotopic (exact) mass is 302 g/mol. The molecule has 6 heteroatoms. The highest BCUT2D eigenvalue weighted by atomic mass is 32.1. The van der Waals surface area contributed by atoms with Crippen molar-refractivity contribution in [1.82, 2.24) is 10.3 Å². The Hall–Kier alpha value is -1.92. The summed E-state index contributed by atoms with van der Waals surface area (Å²) >= 11 is 1.48. The van der Waals surface area contributed by atoms with Gasteiger partial charge in [0.05, 0.1) is 11.9 Å². The molecule has 1 aliphatic heterocycles. The van der Waals surface area contributed by atoms with Gasteiger partial charge in [-0.1, -0.05) is 0 Å². The predicted molar refractivity (Wildman–Crippen MR) is 85.2 cm³/mol. The maximum absolute atomic E-state index is 12.3. The molecule has 2 aromatic rings. The lowest BCUT2D eigenvalue weighted by atomic mass is 10.1. The van der Waals surface area contributed by atoms with E-state index in [9.17, 15) is 4.79 Å². The van der Waals surface area contributed by atoms with Gasteiger partial charge in [-0.15, -0.1) is 11.3 Å². The van der Waals surface area contributed by atoms with Gasteiger partial charge in [0, 0.05) is 17.3 Å². The molecule has 1 amide bonds. The minimum absolute atomic E-state index is 0.0443. The molecule has 1 aliphatic rings. The number of nitrogens with one attached hydrogen (secondary N) is 1. The number of hydrogen-bond acceptors (Lipinski definition) is 5. The summed E-state index contributed by atoms with van der Waals surface area (Å²) in [5, 5.41) is 3.01. The Morgan fingerprint density at radius 3 is 2.67 bits per heavy atom. The van der Waals surface area contributed by atoms with E-state index in [2.05, 4.69) is 10.3 Å². The van der Waals surface area contributed by atoms with Crippen LogP contribution in [0.3, 0.4) is 0 Å². The van der Waals surface area contributed by atoms with Crippen LogP contribution >= 0.6 is 11.3 Å². The fourth-order valence-electron chi connectivity index (χ4n) is 2.81. The molecule has 3 rings (SSSR count). The highest BCUT2D eigenvalue weighted by molar-refractivity contribution is 7.18. The number of thiophene rings is 1. The predicted octanol–water partition coefficient (Wildman–Crippen LogP) is 2.40. The molecule has 0 saturated carbocycles. The molecule has 2 aromatic heterocycles. The second-order valence-electron chi connectivity index (χ2n) is 5.68. The molecule has 0 fully saturated rings. The van der Waals surface area contributed by atoms with Gasteiger partial charge in [-0.05, 0) is 44.5 Å². The summed E-state index contributed by atoms with van der Waals surface area (Å²) in [6.07, 6.45) is 3.31. The zero-order valence-electron chi connectivity index (χ0n) is 12.3. The minimum Gasteiger partial charge on any atom is -0.333 e. The molecule has 21 heavy (non-hydrogen) atoms. The molecule has 0 aliphatic carbocycles. The van der Waals surface area contributed by atoms with Gasteiger partial charge in [0.15, 0.2) is 0 Å². The second-order valence-corrected chi connectivity index (χ2v) is 6.74. The van der Waals surface area contributed by atoms with Crippen LogP contribution in [-0.2, 0) is 0 Å². The number of anilines is 1. The number of rotatable bonds is 2. The maximum atomic E-state index is 12.3. The van der Waals surface area contributed by atoms with E-state index in [0.29, 0.717) is 4.88 Å². The summed E-state index contributed by atoms with van der Waals surface area (Å²) in [7, 11) is 0. The topological polar surface area (TPSA) is 71.2 Å². The smallest absolute Gasteiger partial charge is 0.265 e. The van der Waals surface area contributed by atoms with E-state index in [0.717, 1.165) is 16.1 Å².